The summed E-state index contributed by atoms with van der Waals surface area (Å²) in [6.07, 6.45) is 1.93. The Morgan fingerprint density at radius 1 is 1.39 bits per heavy atom. The first-order valence-electron chi connectivity index (χ1n) is 5.86. The van der Waals surface area contributed by atoms with Gasteiger partial charge in [0, 0.05) is 18.8 Å². The Balaban J connectivity index is 2.54. The van der Waals surface area contributed by atoms with E-state index >= 15 is 0 Å². The van der Waals surface area contributed by atoms with Gasteiger partial charge >= 0.3 is 5.97 Å². The molecule has 1 heterocycles. The number of carboxylic acid groups (broad SMARTS) is 1. The number of aromatic carboxylic acids is 1. The molecular weight excluding hydrogens is 228 g/mol. The summed E-state index contributed by atoms with van der Waals surface area (Å²) in [5.41, 5.74) is 3.17. The van der Waals surface area contributed by atoms with Crippen LogP contribution in [-0.4, -0.2) is 20.9 Å². The Hall–Kier alpha value is -2.10. The van der Waals surface area contributed by atoms with Gasteiger partial charge in [-0.15, -0.1) is 0 Å². The van der Waals surface area contributed by atoms with Crippen molar-refractivity contribution in [3.8, 4) is 11.1 Å². The molecule has 0 bridgehead atoms. The van der Waals surface area contributed by atoms with E-state index in [4.69, 9.17) is 5.11 Å². The van der Waals surface area contributed by atoms with Crippen molar-refractivity contribution in [3.05, 3.63) is 41.7 Å². The molecule has 0 saturated heterocycles. The van der Waals surface area contributed by atoms with E-state index in [-0.39, 0.29) is 0 Å². The molecule has 0 atom stereocenters. The van der Waals surface area contributed by atoms with Gasteiger partial charge in [-0.25, -0.2) is 4.79 Å². The molecule has 2 aromatic rings. The lowest BCUT2D eigenvalue weighted by Crippen LogP contribution is -1.97. The molecule has 0 fully saturated rings. The summed E-state index contributed by atoms with van der Waals surface area (Å²) < 4.78 is 1.76. The Bertz CT molecular complexity index is 585. The number of nitrogens with zero attached hydrogens (tertiary/aromatic N) is 2. The molecule has 18 heavy (non-hydrogen) atoms. The average Bonchev–Trinajstić information content (AvgIpc) is 2.72. The monoisotopic (exact) mass is 244 g/mol. The first kappa shape index (κ1) is 12.4. The van der Waals surface area contributed by atoms with Crippen LogP contribution in [-0.2, 0) is 7.05 Å². The van der Waals surface area contributed by atoms with Crippen LogP contribution in [0.5, 0.6) is 0 Å². The van der Waals surface area contributed by atoms with Crippen LogP contribution in [0.2, 0.25) is 0 Å². The molecule has 0 aliphatic heterocycles. The van der Waals surface area contributed by atoms with Crippen LogP contribution in [0, 0.1) is 0 Å². The molecule has 0 amide bonds. The Morgan fingerprint density at radius 2 is 2.11 bits per heavy atom. The molecule has 94 valence electrons. The van der Waals surface area contributed by atoms with Crippen molar-refractivity contribution in [2.24, 2.45) is 7.05 Å². The predicted molar refractivity (Wildman–Crippen MR) is 69.7 cm³/mol. The molecule has 0 aliphatic carbocycles. The largest absolute Gasteiger partial charge is 0.478 e. The molecular formula is C14H16N2O2. The summed E-state index contributed by atoms with van der Waals surface area (Å²) in [7, 11) is 1.87. The van der Waals surface area contributed by atoms with Crippen LogP contribution in [0.25, 0.3) is 11.1 Å². The first-order valence-corrected chi connectivity index (χ1v) is 5.86. The molecule has 1 aromatic carbocycles. The number of rotatable bonds is 3. The molecule has 4 heteroatoms. The number of aromatic nitrogens is 2. The maximum absolute atomic E-state index is 11.0. The van der Waals surface area contributed by atoms with E-state index < -0.39 is 5.97 Å². The molecule has 0 radical (unpaired) electrons. The van der Waals surface area contributed by atoms with Gasteiger partial charge in [0.2, 0.25) is 0 Å². The molecule has 4 nitrogen and oxygen atoms in total. The van der Waals surface area contributed by atoms with Gasteiger partial charge in [0.25, 0.3) is 0 Å². The number of hydrogen-bond donors (Lipinski definition) is 1. The third kappa shape index (κ3) is 2.27. The molecule has 0 unspecified atom stereocenters. The van der Waals surface area contributed by atoms with E-state index in [1.807, 2.05) is 19.3 Å². The number of aryl methyl sites for hydroxylation is 1. The van der Waals surface area contributed by atoms with Gasteiger partial charge in [-0.2, -0.15) is 5.10 Å². The maximum Gasteiger partial charge on any atom is 0.335 e. The van der Waals surface area contributed by atoms with Gasteiger partial charge in [0.1, 0.15) is 0 Å². The minimum atomic E-state index is -0.910. The summed E-state index contributed by atoms with van der Waals surface area (Å²) in [4.78, 5) is 11.0. The van der Waals surface area contributed by atoms with E-state index in [1.165, 1.54) is 0 Å². The smallest absolute Gasteiger partial charge is 0.335 e. The second-order valence-corrected chi connectivity index (χ2v) is 4.64. The van der Waals surface area contributed by atoms with Crippen LogP contribution in [0.15, 0.2) is 30.5 Å². The summed E-state index contributed by atoms with van der Waals surface area (Å²) in [6, 6.07) is 6.95. The van der Waals surface area contributed by atoms with Gasteiger partial charge in [0.05, 0.1) is 11.3 Å². The van der Waals surface area contributed by atoms with Crippen molar-refractivity contribution in [2.45, 2.75) is 19.8 Å². The highest BCUT2D eigenvalue weighted by molar-refractivity contribution is 5.89. The number of carboxylic acids is 1. The van der Waals surface area contributed by atoms with Crippen LogP contribution in [0.4, 0.5) is 0 Å². The molecule has 1 N–H and O–H groups in total. The standard InChI is InChI=1S/C14H16N2O2/c1-9(2)13-12(8-16(3)15-13)10-5-4-6-11(7-10)14(17)18/h4-9H,1-3H3,(H,17,18). The fraction of sp³-hybridized carbons (Fsp3) is 0.286. The van der Waals surface area contributed by atoms with E-state index in [2.05, 4.69) is 18.9 Å². The fourth-order valence-electron chi connectivity index (χ4n) is 1.97. The lowest BCUT2D eigenvalue weighted by molar-refractivity contribution is 0.0697. The topological polar surface area (TPSA) is 55.1 Å². The van der Waals surface area contributed by atoms with Crippen LogP contribution in [0.1, 0.15) is 35.8 Å². The highest BCUT2D eigenvalue weighted by atomic mass is 16.4. The van der Waals surface area contributed by atoms with Crippen LogP contribution < -0.4 is 0 Å². The SMILES string of the molecule is CC(C)c1nn(C)cc1-c1cccc(C(=O)O)c1. The molecule has 2 rings (SSSR count). The minimum Gasteiger partial charge on any atom is -0.478 e. The van der Waals surface area contributed by atoms with Crippen molar-refractivity contribution in [1.29, 1.82) is 0 Å². The normalized spacial score (nSPS) is 10.9. The van der Waals surface area contributed by atoms with Crippen molar-refractivity contribution in [3.63, 3.8) is 0 Å². The van der Waals surface area contributed by atoms with Gasteiger partial charge in [0.15, 0.2) is 0 Å². The highest BCUT2D eigenvalue weighted by Crippen LogP contribution is 2.28. The second-order valence-electron chi connectivity index (χ2n) is 4.64. The van der Waals surface area contributed by atoms with Crippen molar-refractivity contribution in [1.82, 2.24) is 9.78 Å². The Morgan fingerprint density at radius 3 is 2.72 bits per heavy atom. The van der Waals surface area contributed by atoms with Crippen molar-refractivity contribution >= 4 is 5.97 Å². The van der Waals surface area contributed by atoms with E-state index in [0.717, 1.165) is 16.8 Å². The number of hydrogen-bond acceptors (Lipinski definition) is 2. The third-order valence-electron chi connectivity index (χ3n) is 2.82. The zero-order valence-corrected chi connectivity index (χ0v) is 10.7. The van der Waals surface area contributed by atoms with Crippen molar-refractivity contribution < 1.29 is 9.90 Å². The molecule has 0 saturated carbocycles. The van der Waals surface area contributed by atoms with E-state index in [1.54, 1.807) is 22.9 Å². The van der Waals surface area contributed by atoms with Gasteiger partial charge < -0.3 is 5.11 Å². The average molecular weight is 244 g/mol. The van der Waals surface area contributed by atoms with E-state index in [0.29, 0.717) is 11.5 Å². The zero-order chi connectivity index (χ0) is 13.3. The lowest BCUT2D eigenvalue weighted by Gasteiger charge is -2.06. The Kier molecular flexibility index (Phi) is 3.19. The summed E-state index contributed by atoms with van der Waals surface area (Å²) in [5.74, 6) is -0.610. The van der Waals surface area contributed by atoms with Gasteiger partial charge in [-0.3, -0.25) is 4.68 Å². The molecule has 1 aromatic heterocycles. The highest BCUT2D eigenvalue weighted by Gasteiger charge is 2.14. The summed E-state index contributed by atoms with van der Waals surface area (Å²) >= 11 is 0. The third-order valence-corrected chi connectivity index (χ3v) is 2.82. The quantitative estimate of drug-likeness (QED) is 0.903. The Labute approximate surface area is 106 Å². The number of benzene rings is 1. The summed E-state index contributed by atoms with van der Waals surface area (Å²) in [5, 5.41) is 13.4. The van der Waals surface area contributed by atoms with Gasteiger partial charge in [-0.1, -0.05) is 26.0 Å². The van der Waals surface area contributed by atoms with Crippen LogP contribution in [0.3, 0.4) is 0 Å². The van der Waals surface area contributed by atoms with E-state index in [9.17, 15) is 4.79 Å². The fourth-order valence-corrected chi connectivity index (χ4v) is 1.97. The molecule has 0 spiro atoms. The summed E-state index contributed by atoms with van der Waals surface area (Å²) in [6.45, 7) is 4.15. The maximum atomic E-state index is 11.0. The first-order chi connectivity index (χ1) is 8.49. The second kappa shape index (κ2) is 4.64. The zero-order valence-electron chi connectivity index (χ0n) is 10.7. The lowest BCUT2D eigenvalue weighted by atomic mass is 9.99. The van der Waals surface area contributed by atoms with Gasteiger partial charge in [-0.05, 0) is 23.6 Å². The number of carbonyl (C=O) groups is 1. The predicted octanol–water partition coefficient (Wildman–Crippen LogP) is 2.91. The molecule has 0 aliphatic rings. The van der Waals surface area contributed by atoms with Crippen LogP contribution >= 0.6 is 0 Å². The van der Waals surface area contributed by atoms with Crippen molar-refractivity contribution in [2.75, 3.05) is 0 Å². The minimum absolute atomic E-state index is 0.297.